The number of rotatable bonds is 2. The Morgan fingerprint density at radius 2 is 1.97 bits per heavy atom. The van der Waals surface area contributed by atoms with Crippen LogP contribution in [-0.2, 0) is 13.0 Å². The van der Waals surface area contributed by atoms with E-state index in [4.69, 9.17) is 11.5 Å². The molecule has 2 aliphatic heterocycles. The number of hydrogen-bond acceptors (Lipinski definition) is 8. The number of phenols is 1. The molecule has 1 fully saturated rings. The Hall–Kier alpha value is -3.66. The summed E-state index contributed by atoms with van der Waals surface area (Å²) in [6, 6.07) is 7.29. The average Bonchev–Trinajstić information content (AvgIpc) is 3.42. The number of nitrogen functional groups attached to an aromatic ring is 1. The standard InChI is InChI=1S/C24H28N8O2/c25-21-17-3-2-16(33)12-15(17)13-24(21)5-10-30(11-6-24)18-14-27-20(22(26)29-18)23(34)31-8-1-9-32-19(31)4-7-28-32/h2-4,7,12,14,21,33H,1,5-6,8-11,13,25H2,(H2,26,29). The van der Waals surface area contributed by atoms with Crippen molar-refractivity contribution in [3.05, 3.63) is 53.5 Å². The van der Waals surface area contributed by atoms with Crippen molar-refractivity contribution in [1.29, 1.82) is 0 Å². The van der Waals surface area contributed by atoms with E-state index in [1.54, 1.807) is 23.4 Å². The van der Waals surface area contributed by atoms with Gasteiger partial charge in [0, 0.05) is 38.3 Å². The van der Waals surface area contributed by atoms with Crippen molar-refractivity contribution in [2.45, 2.75) is 38.3 Å². The number of hydrogen-bond donors (Lipinski definition) is 3. The van der Waals surface area contributed by atoms with Crippen molar-refractivity contribution in [3.63, 3.8) is 0 Å². The summed E-state index contributed by atoms with van der Waals surface area (Å²) in [5.74, 6) is 1.60. The Balaban J connectivity index is 1.17. The molecule has 2 aromatic heterocycles. The van der Waals surface area contributed by atoms with Gasteiger partial charge in [0.2, 0.25) is 0 Å². The molecular formula is C24H28N8O2. The van der Waals surface area contributed by atoms with Crippen LogP contribution in [0.2, 0.25) is 0 Å². The molecule has 34 heavy (non-hydrogen) atoms. The molecule has 3 aliphatic rings. The van der Waals surface area contributed by atoms with Gasteiger partial charge in [0.15, 0.2) is 11.5 Å². The van der Waals surface area contributed by atoms with Gasteiger partial charge < -0.3 is 21.5 Å². The largest absolute Gasteiger partial charge is 0.508 e. The topological polar surface area (TPSA) is 139 Å². The number of fused-ring (bicyclic) bond motifs is 2. The van der Waals surface area contributed by atoms with Gasteiger partial charge in [-0.3, -0.25) is 9.69 Å². The molecule has 10 heteroatoms. The third-order valence-electron chi connectivity index (χ3n) is 7.70. The van der Waals surface area contributed by atoms with Crippen molar-refractivity contribution < 1.29 is 9.90 Å². The number of benzene rings is 1. The highest BCUT2D eigenvalue weighted by molar-refractivity contribution is 6.07. The molecule has 0 saturated carbocycles. The van der Waals surface area contributed by atoms with Crippen LogP contribution >= 0.6 is 0 Å². The molecule has 5 N–H and O–H groups in total. The van der Waals surface area contributed by atoms with Crippen LogP contribution < -0.4 is 21.3 Å². The summed E-state index contributed by atoms with van der Waals surface area (Å²) in [5, 5.41) is 14.1. The predicted octanol–water partition coefficient (Wildman–Crippen LogP) is 1.85. The Morgan fingerprint density at radius 3 is 2.76 bits per heavy atom. The van der Waals surface area contributed by atoms with Crippen LogP contribution in [-0.4, -0.2) is 50.4 Å². The van der Waals surface area contributed by atoms with Gasteiger partial charge in [0.05, 0.1) is 12.4 Å². The number of piperidine rings is 1. The minimum absolute atomic E-state index is 0.0152. The van der Waals surface area contributed by atoms with Crippen LogP contribution in [0.15, 0.2) is 36.7 Å². The lowest BCUT2D eigenvalue weighted by Crippen LogP contribution is -2.44. The second-order valence-corrected chi connectivity index (χ2v) is 9.57. The van der Waals surface area contributed by atoms with E-state index in [0.29, 0.717) is 12.4 Å². The van der Waals surface area contributed by atoms with Crippen LogP contribution in [0.5, 0.6) is 5.75 Å². The van der Waals surface area contributed by atoms with E-state index in [1.165, 1.54) is 0 Å². The Morgan fingerprint density at radius 1 is 1.15 bits per heavy atom. The zero-order valence-corrected chi connectivity index (χ0v) is 18.9. The van der Waals surface area contributed by atoms with Crippen LogP contribution in [0, 0.1) is 5.41 Å². The van der Waals surface area contributed by atoms with Gasteiger partial charge in [0.1, 0.15) is 17.4 Å². The zero-order valence-electron chi connectivity index (χ0n) is 18.9. The fourth-order valence-electron chi connectivity index (χ4n) is 5.80. The second kappa shape index (κ2) is 7.69. The quantitative estimate of drug-likeness (QED) is 0.526. The lowest BCUT2D eigenvalue weighted by atomic mass is 9.73. The van der Waals surface area contributed by atoms with Gasteiger partial charge in [-0.2, -0.15) is 5.10 Å². The number of carbonyl (C=O) groups excluding carboxylic acids is 1. The number of amides is 1. The number of aromatic hydroxyl groups is 1. The van der Waals surface area contributed by atoms with Crippen molar-refractivity contribution in [2.24, 2.45) is 11.1 Å². The molecule has 0 bridgehead atoms. The summed E-state index contributed by atoms with van der Waals surface area (Å²) in [4.78, 5) is 26.0. The first-order chi connectivity index (χ1) is 16.4. The highest BCUT2D eigenvalue weighted by Gasteiger charge is 2.46. The third kappa shape index (κ3) is 3.20. The van der Waals surface area contributed by atoms with E-state index in [0.717, 1.165) is 62.3 Å². The molecule has 1 unspecified atom stereocenters. The number of nitrogens with zero attached hydrogens (tertiary/aromatic N) is 6. The number of phenolic OH excluding ortho intramolecular Hbond substituents is 1. The molecule has 1 aromatic carbocycles. The van der Waals surface area contributed by atoms with Gasteiger partial charge >= 0.3 is 0 Å². The fraction of sp³-hybridized carbons (Fsp3) is 0.417. The Labute approximate surface area is 197 Å². The molecule has 1 spiro atoms. The molecule has 3 aromatic rings. The van der Waals surface area contributed by atoms with E-state index in [2.05, 4.69) is 20.0 Å². The van der Waals surface area contributed by atoms with E-state index in [1.807, 2.05) is 22.9 Å². The molecule has 1 aliphatic carbocycles. The fourth-order valence-corrected chi connectivity index (χ4v) is 5.80. The van der Waals surface area contributed by atoms with Gasteiger partial charge in [-0.15, -0.1) is 0 Å². The molecule has 1 atom stereocenters. The summed E-state index contributed by atoms with van der Waals surface area (Å²) < 4.78 is 1.82. The second-order valence-electron chi connectivity index (χ2n) is 9.57. The molecule has 1 amide bonds. The molecule has 0 radical (unpaired) electrons. The highest BCUT2D eigenvalue weighted by Crippen LogP contribution is 2.51. The lowest BCUT2D eigenvalue weighted by molar-refractivity contribution is 0.0977. The smallest absolute Gasteiger partial charge is 0.281 e. The molecule has 4 heterocycles. The van der Waals surface area contributed by atoms with Gasteiger partial charge in [0.25, 0.3) is 5.91 Å². The zero-order chi connectivity index (χ0) is 23.4. The minimum atomic E-state index is -0.256. The molecule has 176 valence electrons. The van der Waals surface area contributed by atoms with Crippen molar-refractivity contribution >= 4 is 23.4 Å². The van der Waals surface area contributed by atoms with Crippen LogP contribution in [0.1, 0.15) is 46.9 Å². The number of carbonyl (C=O) groups is 1. The molecule has 10 nitrogen and oxygen atoms in total. The summed E-state index contributed by atoms with van der Waals surface area (Å²) >= 11 is 0. The molecule has 6 rings (SSSR count). The maximum absolute atomic E-state index is 13.2. The van der Waals surface area contributed by atoms with E-state index < -0.39 is 0 Å². The highest BCUT2D eigenvalue weighted by atomic mass is 16.3. The lowest BCUT2D eigenvalue weighted by Gasteiger charge is -2.42. The Kier molecular flexibility index (Phi) is 4.73. The number of aryl methyl sites for hydroxylation is 1. The minimum Gasteiger partial charge on any atom is -0.508 e. The van der Waals surface area contributed by atoms with Crippen LogP contribution in [0.4, 0.5) is 17.5 Å². The number of anilines is 3. The SMILES string of the molecule is Nc1nc(N2CCC3(CC2)Cc2cc(O)ccc2C3N)cnc1C(=O)N1CCCn2nccc21. The summed E-state index contributed by atoms with van der Waals surface area (Å²) in [5.41, 5.74) is 15.3. The monoisotopic (exact) mass is 460 g/mol. The summed E-state index contributed by atoms with van der Waals surface area (Å²) in [6.07, 6.45) is 6.85. The predicted molar refractivity (Wildman–Crippen MR) is 128 cm³/mol. The van der Waals surface area contributed by atoms with Gasteiger partial charge in [-0.1, -0.05) is 6.07 Å². The summed E-state index contributed by atoms with van der Waals surface area (Å²) in [6.45, 7) is 2.95. The average molecular weight is 461 g/mol. The molecular weight excluding hydrogens is 432 g/mol. The first-order valence-corrected chi connectivity index (χ1v) is 11.7. The molecule has 1 saturated heterocycles. The number of nitrogens with two attached hydrogens (primary N) is 2. The normalized spacial score (nSPS) is 20.9. The van der Waals surface area contributed by atoms with E-state index in [-0.39, 0.29) is 34.6 Å². The van der Waals surface area contributed by atoms with Gasteiger partial charge in [-0.05, 0) is 54.4 Å². The van der Waals surface area contributed by atoms with Crippen LogP contribution in [0.25, 0.3) is 0 Å². The van der Waals surface area contributed by atoms with Crippen molar-refractivity contribution in [1.82, 2.24) is 19.7 Å². The van der Waals surface area contributed by atoms with E-state index >= 15 is 0 Å². The van der Waals surface area contributed by atoms with Crippen molar-refractivity contribution in [3.8, 4) is 5.75 Å². The summed E-state index contributed by atoms with van der Waals surface area (Å²) in [7, 11) is 0. The maximum atomic E-state index is 13.2. The van der Waals surface area contributed by atoms with Gasteiger partial charge in [-0.25, -0.2) is 14.6 Å². The first kappa shape index (κ1) is 20.9. The van der Waals surface area contributed by atoms with Crippen LogP contribution in [0.3, 0.4) is 0 Å². The number of aromatic nitrogens is 4. The maximum Gasteiger partial charge on any atom is 0.281 e. The first-order valence-electron chi connectivity index (χ1n) is 11.7. The third-order valence-corrected chi connectivity index (χ3v) is 7.70. The van der Waals surface area contributed by atoms with E-state index in [9.17, 15) is 9.90 Å². The van der Waals surface area contributed by atoms with Crippen molar-refractivity contribution in [2.75, 3.05) is 35.2 Å². The Bertz CT molecular complexity index is 1260.